The molecule has 0 aliphatic heterocycles. The number of hydrogen-bond donors (Lipinski definition) is 0. The van der Waals surface area contributed by atoms with Crippen molar-refractivity contribution in [3.8, 4) is 0 Å². The predicted octanol–water partition coefficient (Wildman–Crippen LogP) is 2.24. The zero-order valence-electron chi connectivity index (χ0n) is 5.05. The van der Waals surface area contributed by atoms with Gasteiger partial charge in [-0.15, -0.1) is 0 Å². The van der Waals surface area contributed by atoms with Crippen molar-refractivity contribution in [3.05, 3.63) is 36.1 Å². The van der Waals surface area contributed by atoms with Crippen LogP contribution in [0.5, 0.6) is 0 Å². The normalized spacial score (nSPS) is 9.44. The van der Waals surface area contributed by atoms with E-state index < -0.39 is 0 Å². The Labute approximate surface area is 59.6 Å². The molecular weight excluding hydrogens is 134 g/mol. The summed E-state index contributed by atoms with van der Waals surface area (Å²) in [5.41, 5.74) is 0. The molecule has 0 spiro atoms. The highest BCUT2D eigenvalue weighted by Crippen LogP contribution is 2.01. The van der Waals surface area contributed by atoms with Crippen molar-refractivity contribution < 1.29 is 0 Å². The number of rotatable bonds is 2. The third kappa shape index (κ3) is 1.94. The Hall–Kier alpha value is -0.690. The molecule has 1 rings (SSSR count). The second-order valence-corrected chi connectivity index (χ2v) is 2.41. The van der Waals surface area contributed by atoms with Crippen molar-refractivity contribution in [1.82, 2.24) is 4.57 Å². The van der Waals surface area contributed by atoms with Gasteiger partial charge in [-0.1, -0.05) is 18.2 Å². The van der Waals surface area contributed by atoms with E-state index in [4.69, 9.17) is 11.6 Å². The van der Waals surface area contributed by atoms with Crippen molar-refractivity contribution in [2.75, 3.05) is 0 Å². The molecule has 0 fully saturated rings. The summed E-state index contributed by atoms with van der Waals surface area (Å²) in [5.74, 6) is 0. The average Bonchev–Trinajstić information content (AvgIpc) is 2.15. The molecule has 1 heterocycles. The highest BCUT2D eigenvalue weighted by Gasteiger charge is 1.87. The molecule has 0 aliphatic rings. The summed E-state index contributed by atoms with van der Waals surface area (Å²) in [6.45, 7) is 4.28. The maximum atomic E-state index is 5.55. The molecule has 2 heteroatoms. The van der Waals surface area contributed by atoms with Gasteiger partial charge < -0.3 is 4.57 Å². The van der Waals surface area contributed by atoms with Crippen LogP contribution in [0.15, 0.2) is 36.1 Å². The zero-order chi connectivity index (χ0) is 6.69. The van der Waals surface area contributed by atoms with E-state index in [9.17, 15) is 0 Å². The molecule has 0 saturated heterocycles. The van der Waals surface area contributed by atoms with Crippen LogP contribution in [0.25, 0.3) is 0 Å². The van der Waals surface area contributed by atoms with Gasteiger partial charge in [-0.05, 0) is 12.1 Å². The largest absolute Gasteiger partial charge is 0.349 e. The topological polar surface area (TPSA) is 4.93 Å². The highest BCUT2D eigenvalue weighted by atomic mass is 35.5. The fourth-order valence-corrected chi connectivity index (χ4v) is 0.812. The summed E-state index contributed by atoms with van der Waals surface area (Å²) in [7, 11) is 0. The number of hydrogen-bond acceptors (Lipinski definition) is 0. The van der Waals surface area contributed by atoms with Crippen LogP contribution in [0.2, 0.25) is 0 Å². The van der Waals surface area contributed by atoms with Gasteiger partial charge in [0.25, 0.3) is 0 Å². The Balaban J connectivity index is 2.58. The van der Waals surface area contributed by atoms with E-state index in [0.717, 1.165) is 0 Å². The minimum atomic E-state index is 0.659. The molecule has 0 amide bonds. The third-order valence-electron chi connectivity index (χ3n) is 1.02. The van der Waals surface area contributed by atoms with Gasteiger partial charge in [-0.2, -0.15) is 0 Å². The Bertz CT molecular complexity index is 189. The molecule has 0 aromatic carbocycles. The highest BCUT2D eigenvalue weighted by molar-refractivity contribution is 6.29. The first-order valence-electron chi connectivity index (χ1n) is 2.73. The SMILES string of the molecule is C=C(Cl)Cn1cccc1. The molecule has 0 radical (unpaired) electrons. The molecule has 9 heavy (non-hydrogen) atoms. The van der Waals surface area contributed by atoms with Crippen LogP contribution < -0.4 is 0 Å². The lowest BCUT2D eigenvalue weighted by Crippen LogP contribution is -1.91. The first kappa shape index (κ1) is 6.43. The number of allylic oxidation sites excluding steroid dienone is 1. The van der Waals surface area contributed by atoms with Crippen molar-refractivity contribution >= 4 is 11.6 Å². The Morgan fingerprint density at radius 3 is 2.44 bits per heavy atom. The molecule has 48 valence electrons. The number of halogens is 1. The van der Waals surface area contributed by atoms with E-state index in [1.165, 1.54) is 0 Å². The first-order chi connectivity index (χ1) is 4.29. The van der Waals surface area contributed by atoms with Crippen LogP contribution in [0, 0.1) is 0 Å². The molecular formula is C7H8ClN. The van der Waals surface area contributed by atoms with E-state index in [1.54, 1.807) is 0 Å². The van der Waals surface area contributed by atoms with Gasteiger partial charge in [-0.3, -0.25) is 0 Å². The lowest BCUT2D eigenvalue weighted by Gasteiger charge is -1.96. The quantitative estimate of drug-likeness (QED) is 0.596. The average molecular weight is 142 g/mol. The van der Waals surface area contributed by atoms with Gasteiger partial charge in [0.05, 0.1) is 6.54 Å². The van der Waals surface area contributed by atoms with Crippen LogP contribution in [-0.2, 0) is 6.54 Å². The monoisotopic (exact) mass is 141 g/mol. The van der Waals surface area contributed by atoms with Crippen LogP contribution in [0.3, 0.4) is 0 Å². The van der Waals surface area contributed by atoms with Gasteiger partial charge in [0.1, 0.15) is 0 Å². The standard InChI is InChI=1S/C7H8ClN/c1-7(8)6-9-4-2-3-5-9/h2-5H,1,6H2. The van der Waals surface area contributed by atoms with E-state index in [-0.39, 0.29) is 0 Å². The zero-order valence-corrected chi connectivity index (χ0v) is 5.80. The van der Waals surface area contributed by atoms with E-state index in [0.29, 0.717) is 11.6 Å². The Morgan fingerprint density at radius 2 is 2.00 bits per heavy atom. The van der Waals surface area contributed by atoms with Crippen molar-refractivity contribution in [3.63, 3.8) is 0 Å². The second kappa shape index (κ2) is 2.74. The molecule has 1 aromatic rings. The summed E-state index contributed by atoms with van der Waals surface area (Å²) in [4.78, 5) is 0. The fraction of sp³-hybridized carbons (Fsp3) is 0.143. The summed E-state index contributed by atoms with van der Waals surface area (Å²) in [5, 5.41) is 0.659. The lowest BCUT2D eigenvalue weighted by atomic mass is 10.6. The number of aromatic nitrogens is 1. The minimum absolute atomic E-state index is 0.659. The fourth-order valence-electron chi connectivity index (χ4n) is 0.674. The second-order valence-electron chi connectivity index (χ2n) is 1.87. The van der Waals surface area contributed by atoms with Gasteiger partial charge >= 0.3 is 0 Å². The smallest absolute Gasteiger partial charge is 0.0571 e. The molecule has 1 aromatic heterocycles. The maximum absolute atomic E-state index is 5.55. The lowest BCUT2D eigenvalue weighted by molar-refractivity contribution is 0.821. The van der Waals surface area contributed by atoms with Crippen LogP contribution in [0.4, 0.5) is 0 Å². The van der Waals surface area contributed by atoms with Gasteiger partial charge in [0.15, 0.2) is 0 Å². The summed E-state index contributed by atoms with van der Waals surface area (Å²) in [6, 6.07) is 3.92. The van der Waals surface area contributed by atoms with Crippen molar-refractivity contribution in [1.29, 1.82) is 0 Å². The summed E-state index contributed by atoms with van der Waals surface area (Å²) < 4.78 is 1.97. The van der Waals surface area contributed by atoms with Gasteiger partial charge in [-0.25, -0.2) is 0 Å². The van der Waals surface area contributed by atoms with Gasteiger partial charge in [0, 0.05) is 17.4 Å². The number of nitrogens with zero attached hydrogens (tertiary/aromatic N) is 1. The summed E-state index contributed by atoms with van der Waals surface area (Å²) in [6.07, 6.45) is 3.90. The van der Waals surface area contributed by atoms with Crippen LogP contribution in [0.1, 0.15) is 0 Å². The van der Waals surface area contributed by atoms with Crippen LogP contribution >= 0.6 is 11.6 Å². The minimum Gasteiger partial charge on any atom is -0.349 e. The predicted molar refractivity (Wildman–Crippen MR) is 39.4 cm³/mol. The molecule has 0 aliphatic carbocycles. The Kier molecular flexibility index (Phi) is 1.96. The van der Waals surface area contributed by atoms with Crippen LogP contribution in [-0.4, -0.2) is 4.57 Å². The van der Waals surface area contributed by atoms with Gasteiger partial charge in [0.2, 0.25) is 0 Å². The van der Waals surface area contributed by atoms with Crippen molar-refractivity contribution in [2.45, 2.75) is 6.54 Å². The van der Waals surface area contributed by atoms with E-state index in [1.807, 2.05) is 29.1 Å². The maximum Gasteiger partial charge on any atom is 0.0571 e. The Morgan fingerprint density at radius 1 is 1.44 bits per heavy atom. The van der Waals surface area contributed by atoms with Crippen molar-refractivity contribution in [2.24, 2.45) is 0 Å². The molecule has 0 atom stereocenters. The van der Waals surface area contributed by atoms with E-state index >= 15 is 0 Å². The third-order valence-corrected chi connectivity index (χ3v) is 1.14. The summed E-state index contributed by atoms with van der Waals surface area (Å²) >= 11 is 5.55. The molecule has 0 bridgehead atoms. The molecule has 0 saturated carbocycles. The first-order valence-corrected chi connectivity index (χ1v) is 3.11. The molecule has 1 nitrogen and oxygen atoms in total. The van der Waals surface area contributed by atoms with E-state index in [2.05, 4.69) is 6.58 Å². The molecule has 0 unspecified atom stereocenters. The molecule has 0 N–H and O–H groups in total.